The van der Waals surface area contributed by atoms with Crippen LogP contribution < -0.4 is 16.4 Å². The smallest absolute Gasteiger partial charge is 0.342 e. The number of esters is 2. The average molecular weight is 673 g/mol. The molecule has 15 heteroatoms. The van der Waals surface area contributed by atoms with Crippen LogP contribution in [0, 0.1) is 0 Å². The van der Waals surface area contributed by atoms with Crippen molar-refractivity contribution in [2.24, 2.45) is 10.9 Å². The second-order valence-electron chi connectivity index (χ2n) is 11.3. The van der Waals surface area contributed by atoms with Crippen LogP contribution in [0.3, 0.4) is 0 Å². The zero-order valence-corrected chi connectivity index (χ0v) is 26.9. The van der Waals surface area contributed by atoms with Gasteiger partial charge >= 0.3 is 11.9 Å². The second-order valence-corrected chi connectivity index (χ2v) is 11.3. The fourth-order valence-electron chi connectivity index (χ4n) is 4.98. The minimum absolute atomic E-state index is 0.0404. The van der Waals surface area contributed by atoms with Gasteiger partial charge in [0.25, 0.3) is 0 Å². The number of allylic oxidation sites excluding steroid dienone is 1. The van der Waals surface area contributed by atoms with Crippen molar-refractivity contribution in [2.45, 2.75) is 88.1 Å². The number of carbonyl (C=O) groups excluding carboxylic acids is 4. The topological polar surface area (TPSA) is 232 Å². The number of nitrogens with zero attached hydrogens (tertiary/aromatic N) is 1. The molecule has 1 aromatic carbocycles. The lowest BCUT2D eigenvalue weighted by molar-refractivity contribution is -0.156. The number of aliphatic hydroxyl groups is 2. The van der Waals surface area contributed by atoms with Gasteiger partial charge in [-0.1, -0.05) is 35.5 Å². The van der Waals surface area contributed by atoms with Crippen molar-refractivity contribution in [3.8, 4) is 5.75 Å². The van der Waals surface area contributed by atoms with E-state index in [1.807, 2.05) is 0 Å². The van der Waals surface area contributed by atoms with E-state index in [9.17, 15) is 34.5 Å². The van der Waals surface area contributed by atoms with Gasteiger partial charge in [-0.25, -0.2) is 9.59 Å². The number of hydrogen-bond acceptors (Lipinski definition) is 13. The number of hydrogen-bond donors (Lipinski definition) is 6. The third kappa shape index (κ3) is 12.2. The van der Waals surface area contributed by atoms with Crippen molar-refractivity contribution in [3.05, 3.63) is 59.8 Å². The molecule has 48 heavy (non-hydrogen) atoms. The highest BCUT2D eigenvalue weighted by atomic mass is 16.6. The maximum Gasteiger partial charge on any atom is 0.342 e. The summed E-state index contributed by atoms with van der Waals surface area (Å²) in [6.07, 6.45) is 5.04. The first-order valence-electron chi connectivity index (χ1n) is 15.6. The molecule has 7 unspecified atom stereocenters. The number of aromatic hydroxyl groups is 1. The molecule has 2 aliphatic rings. The van der Waals surface area contributed by atoms with Crippen LogP contribution in [0.5, 0.6) is 5.75 Å². The molecule has 1 saturated heterocycles. The molecule has 2 amide bonds. The number of nitrogens with two attached hydrogens (primary N) is 1. The second kappa shape index (κ2) is 19.3. The van der Waals surface area contributed by atoms with Crippen LogP contribution in [0.15, 0.2) is 53.9 Å². The number of phenolic OH excluding ortho intramolecular Hbond substituents is 1. The zero-order chi connectivity index (χ0) is 35.1. The molecule has 3 rings (SSSR count). The third-order valence-electron chi connectivity index (χ3n) is 7.34. The van der Waals surface area contributed by atoms with E-state index in [0.29, 0.717) is 24.9 Å². The lowest BCUT2D eigenvalue weighted by atomic mass is 9.99. The Kier molecular flexibility index (Phi) is 15.2. The van der Waals surface area contributed by atoms with Gasteiger partial charge in [0.1, 0.15) is 55.0 Å². The van der Waals surface area contributed by atoms with E-state index in [1.54, 1.807) is 12.1 Å². The van der Waals surface area contributed by atoms with E-state index in [4.69, 9.17) is 19.9 Å². The molecule has 7 N–H and O–H groups in total. The number of epoxide rings is 1. The number of aliphatic hydroxyl groups excluding tert-OH is 2. The lowest BCUT2D eigenvalue weighted by Crippen LogP contribution is -2.45. The molecule has 1 aromatic rings. The van der Waals surface area contributed by atoms with Gasteiger partial charge < -0.3 is 50.7 Å². The fourth-order valence-corrected chi connectivity index (χ4v) is 4.98. The maximum absolute atomic E-state index is 13.5. The molecule has 0 spiro atoms. The standard InChI is InChI=1S/C33H44N4O11/c1-20(38)18-28(42)37-23(10-3-4-15-34)32(43)47-26-19-22(9-6-16-35-27(41)12-7-17-36-45-2)46-33(44)29-21(8-5-11-24(29)39)13-14-25(40)30-31(26)48-30/h5-8,11-14,16-17,20,22-23,25-26,30-31,38-40H,3-4,9-10,15,18-19,34H2,1-2H3,(H,35,41)(H,37,42). The Morgan fingerprint density at radius 3 is 2.75 bits per heavy atom. The van der Waals surface area contributed by atoms with Gasteiger partial charge in [0, 0.05) is 25.1 Å². The molecule has 7 atom stereocenters. The molecular weight excluding hydrogens is 628 g/mol. The van der Waals surface area contributed by atoms with Gasteiger partial charge in [-0.3, -0.25) is 9.59 Å². The monoisotopic (exact) mass is 672 g/mol. The Morgan fingerprint density at radius 1 is 1.23 bits per heavy atom. The number of oxime groups is 1. The summed E-state index contributed by atoms with van der Waals surface area (Å²) in [7, 11) is 1.36. The average Bonchev–Trinajstić information content (AvgIpc) is 3.83. The van der Waals surface area contributed by atoms with Crippen LogP contribution in [-0.2, 0) is 33.4 Å². The van der Waals surface area contributed by atoms with Crippen molar-refractivity contribution in [1.29, 1.82) is 0 Å². The highest BCUT2D eigenvalue weighted by molar-refractivity contribution is 5.96. The first kappa shape index (κ1) is 37.9. The molecule has 15 nitrogen and oxygen atoms in total. The molecule has 0 aromatic heterocycles. The molecular formula is C33H44N4O11. The summed E-state index contributed by atoms with van der Waals surface area (Å²) >= 11 is 0. The molecule has 0 aliphatic carbocycles. The highest BCUT2D eigenvalue weighted by Gasteiger charge is 2.51. The van der Waals surface area contributed by atoms with Gasteiger partial charge in [-0.05, 0) is 50.4 Å². The highest BCUT2D eigenvalue weighted by Crippen LogP contribution is 2.35. The third-order valence-corrected chi connectivity index (χ3v) is 7.34. The van der Waals surface area contributed by atoms with Crippen molar-refractivity contribution in [3.63, 3.8) is 0 Å². The van der Waals surface area contributed by atoms with Crippen molar-refractivity contribution < 1.29 is 53.5 Å². The molecule has 0 bridgehead atoms. The molecule has 262 valence electrons. The SMILES string of the molecule is CON=CC=CC(=O)NC=CCC1CC(OC(=O)C(CCCCN)NC(=O)CC(C)O)C2OC2C(O)C=Cc2cccc(O)c2C(=O)O1. The summed E-state index contributed by atoms with van der Waals surface area (Å²) in [5, 5.41) is 39.7. The fraction of sp³-hybridized carbons (Fsp3) is 0.485. The van der Waals surface area contributed by atoms with Crippen LogP contribution in [0.2, 0.25) is 0 Å². The predicted molar refractivity (Wildman–Crippen MR) is 173 cm³/mol. The lowest BCUT2D eigenvalue weighted by Gasteiger charge is -2.26. The summed E-state index contributed by atoms with van der Waals surface area (Å²) in [5.41, 5.74) is 5.79. The van der Waals surface area contributed by atoms with E-state index in [0.717, 1.165) is 0 Å². The minimum atomic E-state index is -1.15. The number of unbranched alkanes of at least 4 members (excludes halogenated alkanes) is 1. The Hall–Kier alpha value is -4.57. The van der Waals surface area contributed by atoms with Gasteiger partial charge in [0.15, 0.2) is 0 Å². The van der Waals surface area contributed by atoms with Crippen LogP contribution in [0.1, 0.15) is 61.4 Å². The summed E-state index contributed by atoms with van der Waals surface area (Å²) in [6.45, 7) is 1.83. The molecule has 2 aliphatic heterocycles. The quantitative estimate of drug-likeness (QED) is 0.0382. The van der Waals surface area contributed by atoms with Crippen LogP contribution in [0.4, 0.5) is 0 Å². The number of cyclic esters (lactones) is 1. The van der Waals surface area contributed by atoms with E-state index >= 15 is 0 Å². The van der Waals surface area contributed by atoms with E-state index in [2.05, 4.69) is 20.6 Å². The number of benzene rings is 1. The van der Waals surface area contributed by atoms with Crippen molar-refractivity contribution in [1.82, 2.24) is 10.6 Å². The van der Waals surface area contributed by atoms with Gasteiger partial charge in [-0.15, -0.1) is 0 Å². The van der Waals surface area contributed by atoms with E-state index in [-0.39, 0.29) is 37.0 Å². The first-order chi connectivity index (χ1) is 23.0. The largest absolute Gasteiger partial charge is 0.507 e. The summed E-state index contributed by atoms with van der Waals surface area (Å²) < 4.78 is 17.5. The first-order valence-corrected chi connectivity index (χ1v) is 15.6. The number of carbonyl (C=O) groups is 4. The summed E-state index contributed by atoms with van der Waals surface area (Å²) in [4.78, 5) is 56.0. The van der Waals surface area contributed by atoms with E-state index in [1.165, 1.54) is 62.9 Å². The Bertz CT molecular complexity index is 1380. The van der Waals surface area contributed by atoms with Crippen LogP contribution >= 0.6 is 0 Å². The number of fused-ring (bicyclic) bond motifs is 2. The number of amides is 2. The molecule has 1 fully saturated rings. The number of phenols is 1. The van der Waals surface area contributed by atoms with E-state index < -0.39 is 66.4 Å². The van der Waals surface area contributed by atoms with Crippen LogP contribution in [-0.4, -0.2) is 102 Å². The van der Waals surface area contributed by atoms with Crippen LogP contribution in [0.25, 0.3) is 6.08 Å². The summed E-state index contributed by atoms with van der Waals surface area (Å²) in [5.74, 6) is -2.99. The molecule has 2 heterocycles. The number of nitrogens with one attached hydrogen (secondary N) is 2. The van der Waals surface area contributed by atoms with Gasteiger partial charge in [0.2, 0.25) is 11.8 Å². The van der Waals surface area contributed by atoms with Gasteiger partial charge in [-0.2, -0.15) is 0 Å². The Morgan fingerprint density at radius 2 is 2.02 bits per heavy atom. The zero-order valence-electron chi connectivity index (χ0n) is 26.9. The molecule has 0 radical (unpaired) electrons. The predicted octanol–water partition coefficient (Wildman–Crippen LogP) is 0.968. The van der Waals surface area contributed by atoms with Gasteiger partial charge in [0.05, 0.1) is 18.7 Å². The van der Waals surface area contributed by atoms with Crippen molar-refractivity contribution in [2.75, 3.05) is 13.7 Å². The number of rotatable bonds is 15. The maximum atomic E-state index is 13.5. The van der Waals surface area contributed by atoms with Crippen molar-refractivity contribution >= 4 is 36.0 Å². The molecule has 0 saturated carbocycles. The minimum Gasteiger partial charge on any atom is -0.507 e. The number of ether oxygens (including phenoxy) is 3. The summed E-state index contributed by atoms with van der Waals surface area (Å²) in [6, 6.07) is 3.38. The Labute approximate surface area is 278 Å². The Balaban J connectivity index is 1.87. The normalized spacial score (nSPS) is 23.7.